The van der Waals surface area contributed by atoms with E-state index in [1.165, 1.54) is 6.07 Å². The number of para-hydroxylation sites is 1. The predicted molar refractivity (Wildman–Crippen MR) is 98.4 cm³/mol. The van der Waals surface area contributed by atoms with E-state index >= 15 is 0 Å². The number of sulfonamides is 1. The summed E-state index contributed by atoms with van der Waals surface area (Å²) in [5.74, 6) is 0. The van der Waals surface area contributed by atoms with E-state index in [9.17, 15) is 8.42 Å². The molecule has 0 spiro atoms. The zero-order valence-corrected chi connectivity index (χ0v) is 15.0. The fourth-order valence-corrected chi connectivity index (χ4v) is 3.93. The minimum Gasteiger partial charge on any atom is -0.368 e. The summed E-state index contributed by atoms with van der Waals surface area (Å²) >= 11 is 6.10. The molecule has 1 fully saturated rings. The van der Waals surface area contributed by atoms with Gasteiger partial charge in [0.05, 0.1) is 16.3 Å². The molecule has 0 saturated carbocycles. The van der Waals surface area contributed by atoms with Crippen LogP contribution in [0.5, 0.6) is 0 Å². The summed E-state index contributed by atoms with van der Waals surface area (Å²) in [4.78, 5) is 4.31. The summed E-state index contributed by atoms with van der Waals surface area (Å²) in [6, 6.07) is 14.2. The first-order valence-corrected chi connectivity index (χ1v) is 9.64. The summed E-state index contributed by atoms with van der Waals surface area (Å²) < 4.78 is 23.6. The van der Waals surface area contributed by atoms with E-state index in [1.807, 2.05) is 17.0 Å². The van der Waals surface area contributed by atoms with E-state index < -0.39 is 10.0 Å². The van der Waals surface area contributed by atoms with Crippen molar-refractivity contribution < 1.29 is 8.42 Å². The minimum atomic E-state index is -3.77. The Hall–Kier alpha value is -2.27. The molecule has 0 aliphatic carbocycles. The van der Waals surface area contributed by atoms with Gasteiger partial charge in [-0.25, -0.2) is 13.6 Å². The van der Waals surface area contributed by atoms with Gasteiger partial charge in [0, 0.05) is 31.9 Å². The highest BCUT2D eigenvalue weighted by Gasteiger charge is 2.23. The van der Waals surface area contributed by atoms with Gasteiger partial charge in [-0.1, -0.05) is 23.7 Å². The smallest absolute Gasteiger partial charge is 0.240 e. The van der Waals surface area contributed by atoms with Crippen LogP contribution >= 0.6 is 11.6 Å². The second-order valence-electron chi connectivity index (χ2n) is 5.76. The molecule has 1 heterocycles. The topological polar surface area (TPSA) is 90.4 Å². The molecule has 0 aromatic heterocycles. The Morgan fingerprint density at radius 1 is 1.04 bits per heavy atom. The van der Waals surface area contributed by atoms with Gasteiger partial charge in [-0.2, -0.15) is 5.26 Å². The molecule has 25 heavy (non-hydrogen) atoms. The lowest BCUT2D eigenvalue weighted by Gasteiger charge is -2.38. The second-order valence-corrected chi connectivity index (χ2v) is 7.70. The van der Waals surface area contributed by atoms with Crippen LogP contribution < -0.4 is 14.9 Å². The van der Waals surface area contributed by atoms with Gasteiger partial charge in [0.1, 0.15) is 11.0 Å². The van der Waals surface area contributed by atoms with Crippen LogP contribution in [0.2, 0.25) is 5.02 Å². The fraction of sp³-hybridized carbons (Fsp3) is 0.235. The molecule has 2 aromatic rings. The predicted octanol–water partition coefficient (Wildman–Crippen LogP) is 2.19. The molecule has 1 aliphatic heterocycles. The van der Waals surface area contributed by atoms with E-state index in [0.717, 1.165) is 5.69 Å². The van der Waals surface area contributed by atoms with Crippen molar-refractivity contribution in [1.82, 2.24) is 0 Å². The Labute approximate surface area is 152 Å². The largest absolute Gasteiger partial charge is 0.368 e. The third-order valence-corrected chi connectivity index (χ3v) is 5.50. The number of hydrogen-bond acceptors (Lipinski definition) is 5. The van der Waals surface area contributed by atoms with Crippen LogP contribution in [0.4, 0.5) is 11.4 Å². The molecule has 1 saturated heterocycles. The summed E-state index contributed by atoms with van der Waals surface area (Å²) in [7, 11) is -3.77. The zero-order chi connectivity index (χ0) is 18.0. The Bertz CT molecular complexity index is 932. The summed E-state index contributed by atoms with van der Waals surface area (Å²) in [6.07, 6.45) is 0. The van der Waals surface area contributed by atoms with E-state index in [0.29, 0.717) is 42.5 Å². The first kappa shape index (κ1) is 17.5. The number of anilines is 2. The third-order valence-electron chi connectivity index (χ3n) is 4.23. The normalized spacial score (nSPS) is 15.1. The first-order valence-electron chi connectivity index (χ1n) is 7.71. The van der Waals surface area contributed by atoms with Crippen molar-refractivity contribution in [2.45, 2.75) is 4.90 Å². The third kappa shape index (κ3) is 3.71. The number of nitrogens with two attached hydrogens (primary N) is 1. The van der Waals surface area contributed by atoms with E-state index in [2.05, 4.69) is 4.90 Å². The molecule has 0 amide bonds. The van der Waals surface area contributed by atoms with Crippen molar-refractivity contribution in [2.24, 2.45) is 5.14 Å². The SMILES string of the molecule is N#Cc1ccc(N2CCN(c3ccccc3S(N)(=O)=O)CC2)cc1Cl. The Morgan fingerprint density at radius 3 is 2.28 bits per heavy atom. The summed E-state index contributed by atoms with van der Waals surface area (Å²) in [5, 5.41) is 14.7. The molecule has 3 rings (SSSR count). The highest BCUT2D eigenvalue weighted by Crippen LogP contribution is 2.28. The molecule has 6 nitrogen and oxygen atoms in total. The average molecular weight is 377 g/mol. The standard InChI is InChI=1S/C17H17ClN4O2S/c18-15-11-14(6-5-13(15)12-19)21-7-9-22(10-8-21)16-3-1-2-4-17(16)25(20,23)24/h1-6,11H,7-10H2,(H2,20,23,24). The number of rotatable bonds is 3. The van der Waals surface area contributed by atoms with Gasteiger partial charge in [0.25, 0.3) is 0 Å². The molecular weight excluding hydrogens is 360 g/mol. The first-order chi connectivity index (χ1) is 11.9. The lowest BCUT2D eigenvalue weighted by atomic mass is 10.2. The van der Waals surface area contributed by atoms with E-state index in [-0.39, 0.29) is 4.90 Å². The number of benzene rings is 2. The molecule has 8 heteroatoms. The number of piperazine rings is 1. The maximum atomic E-state index is 11.8. The Morgan fingerprint density at radius 2 is 1.68 bits per heavy atom. The van der Waals surface area contributed by atoms with E-state index in [1.54, 1.807) is 30.3 Å². The van der Waals surface area contributed by atoms with Gasteiger partial charge in [0.2, 0.25) is 10.0 Å². The monoisotopic (exact) mass is 376 g/mol. The summed E-state index contributed by atoms with van der Waals surface area (Å²) in [5.41, 5.74) is 2.03. The molecule has 0 unspecified atom stereocenters. The van der Waals surface area contributed by atoms with Gasteiger partial charge in [-0.15, -0.1) is 0 Å². The van der Waals surface area contributed by atoms with Crippen LogP contribution in [-0.2, 0) is 10.0 Å². The highest BCUT2D eigenvalue weighted by atomic mass is 35.5. The molecule has 0 radical (unpaired) electrons. The lowest BCUT2D eigenvalue weighted by Crippen LogP contribution is -2.47. The number of halogens is 1. The van der Waals surface area contributed by atoms with Crippen molar-refractivity contribution >= 4 is 33.0 Å². The fourth-order valence-electron chi connectivity index (χ4n) is 2.96. The number of hydrogen-bond donors (Lipinski definition) is 1. The number of nitrogens with zero attached hydrogens (tertiary/aromatic N) is 3. The Balaban J connectivity index is 1.77. The average Bonchev–Trinajstić information content (AvgIpc) is 2.61. The molecule has 2 aromatic carbocycles. The van der Waals surface area contributed by atoms with Crippen LogP contribution in [0.1, 0.15) is 5.56 Å². The molecule has 1 aliphatic rings. The maximum absolute atomic E-state index is 11.8. The molecule has 0 atom stereocenters. The van der Waals surface area contributed by atoms with E-state index in [4.69, 9.17) is 22.0 Å². The van der Waals surface area contributed by atoms with Crippen molar-refractivity contribution in [1.29, 1.82) is 5.26 Å². The van der Waals surface area contributed by atoms with Crippen molar-refractivity contribution in [3.63, 3.8) is 0 Å². The van der Waals surface area contributed by atoms with Crippen molar-refractivity contribution in [3.8, 4) is 6.07 Å². The highest BCUT2D eigenvalue weighted by molar-refractivity contribution is 7.89. The van der Waals surface area contributed by atoms with Crippen LogP contribution in [0, 0.1) is 11.3 Å². The van der Waals surface area contributed by atoms with Crippen LogP contribution in [-0.4, -0.2) is 34.6 Å². The van der Waals surface area contributed by atoms with Crippen LogP contribution in [0.3, 0.4) is 0 Å². The van der Waals surface area contributed by atoms with Gasteiger partial charge in [-0.3, -0.25) is 0 Å². The second kappa shape index (κ2) is 6.92. The van der Waals surface area contributed by atoms with Crippen molar-refractivity contribution in [2.75, 3.05) is 36.0 Å². The quantitative estimate of drug-likeness (QED) is 0.886. The van der Waals surface area contributed by atoms with Gasteiger partial charge in [0.15, 0.2) is 0 Å². The Kier molecular flexibility index (Phi) is 4.86. The van der Waals surface area contributed by atoms with Crippen LogP contribution in [0.25, 0.3) is 0 Å². The minimum absolute atomic E-state index is 0.143. The zero-order valence-electron chi connectivity index (χ0n) is 13.4. The molecular formula is C17H17ClN4O2S. The number of primary sulfonamides is 1. The summed E-state index contributed by atoms with van der Waals surface area (Å²) in [6.45, 7) is 2.73. The number of nitriles is 1. The molecule has 2 N–H and O–H groups in total. The van der Waals surface area contributed by atoms with Gasteiger partial charge in [-0.05, 0) is 30.3 Å². The van der Waals surface area contributed by atoms with Crippen molar-refractivity contribution in [3.05, 3.63) is 53.1 Å². The molecule has 130 valence electrons. The maximum Gasteiger partial charge on any atom is 0.240 e. The van der Waals surface area contributed by atoms with Crippen LogP contribution in [0.15, 0.2) is 47.4 Å². The molecule has 0 bridgehead atoms. The van der Waals surface area contributed by atoms with Gasteiger partial charge < -0.3 is 9.80 Å². The van der Waals surface area contributed by atoms with Gasteiger partial charge >= 0.3 is 0 Å². The lowest BCUT2D eigenvalue weighted by molar-refractivity contribution is 0.595.